The average molecular weight is 509 g/mol. The van der Waals surface area contributed by atoms with Gasteiger partial charge in [0.25, 0.3) is 11.8 Å². The number of benzene rings is 2. The molecule has 0 radical (unpaired) electrons. The molecule has 9 nitrogen and oxygen atoms in total. The maximum absolute atomic E-state index is 13.1. The van der Waals surface area contributed by atoms with Crippen molar-refractivity contribution in [1.82, 2.24) is 5.32 Å². The highest BCUT2D eigenvalue weighted by Crippen LogP contribution is 2.34. The Bertz CT molecular complexity index is 1300. The topological polar surface area (TPSA) is 107 Å². The van der Waals surface area contributed by atoms with Crippen LogP contribution in [0.3, 0.4) is 0 Å². The number of nitrogens with zero attached hydrogens (tertiary/aromatic N) is 1. The van der Waals surface area contributed by atoms with Gasteiger partial charge >= 0.3 is 0 Å². The first-order chi connectivity index (χ1) is 18.0. The van der Waals surface area contributed by atoms with Crippen LogP contribution >= 0.6 is 0 Å². The van der Waals surface area contributed by atoms with Crippen LogP contribution in [-0.4, -0.2) is 50.1 Å². The number of hydrogen-bond donors (Lipinski definition) is 1. The summed E-state index contributed by atoms with van der Waals surface area (Å²) in [4.78, 5) is 39.3. The van der Waals surface area contributed by atoms with E-state index in [4.69, 9.17) is 18.6 Å². The number of carbonyl (C=O) groups is 3. The fourth-order valence-electron chi connectivity index (χ4n) is 4.15. The van der Waals surface area contributed by atoms with Gasteiger partial charge in [0.15, 0.2) is 24.8 Å². The predicted molar refractivity (Wildman–Crippen MR) is 129 cm³/mol. The number of furan rings is 1. The average Bonchev–Trinajstić information content (AvgIpc) is 3.61. The van der Waals surface area contributed by atoms with Crippen LogP contribution < -0.4 is 19.7 Å². The Morgan fingerprint density at radius 3 is 2.73 bits per heavy atom. The molecule has 1 atom stereocenters. The Labute approximate surface area is 212 Å². The van der Waals surface area contributed by atoms with E-state index >= 15 is 0 Å². The van der Waals surface area contributed by atoms with Crippen LogP contribution in [0.25, 0.3) is 0 Å². The molecule has 0 saturated carbocycles. The summed E-state index contributed by atoms with van der Waals surface area (Å²) in [5, 5.41) is 2.80. The molecule has 0 spiro atoms. The summed E-state index contributed by atoms with van der Waals surface area (Å²) in [6.45, 7) is 0.740. The number of Topliss-reactive ketones (excluding diaryl/α,β-unsaturated/α-hetero) is 1. The number of carbonyl (C=O) groups excluding carboxylic acids is 3. The second-order valence-corrected chi connectivity index (χ2v) is 8.73. The first-order valence-corrected chi connectivity index (χ1v) is 11.9. The smallest absolute Gasteiger partial charge is 0.287 e. The summed E-state index contributed by atoms with van der Waals surface area (Å²) in [6, 6.07) is 13.3. The first kappa shape index (κ1) is 24.5. The monoisotopic (exact) mass is 508 g/mol. The fourth-order valence-corrected chi connectivity index (χ4v) is 4.15. The standard InChI is InChI=1S/C27H25FN2O7/c28-18-4-6-19(7-5-18)35-15-23(31)17-3-9-24-22(12-17)30(26(32)16-36-24)14-21-8-10-25(37-21)27(33)29-13-20-2-1-11-34-20/h3-10,12,20H,1-2,11,13-16H2,(H,29,33)/t20-/m0/s1. The third-order valence-electron chi connectivity index (χ3n) is 6.12. The number of nitrogens with one attached hydrogen (secondary N) is 1. The fraction of sp³-hybridized carbons (Fsp3) is 0.296. The second-order valence-electron chi connectivity index (χ2n) is 8.73. The molecule has 1 N–H and O–H groups in total. The molecule has 1 saturated heterocycles. The zero-order chi connectivity index (χ0) is 25.8. The summed E-state index contributed by atoms with van der Waals surface area (Å²) in [7, 11) is 0. The summed E-state index contributed by atoms with van der Waals surface area (Å²) in [5.74, 6) is -0.0621. The number of rotatable bonds is 9. The van der Waals surface area contributed by atoms with Gasteiger partial charge in [-0.3, -0.25) is 19.3 Å². The van der Waals surface area contributed by atoms with Crippen molar-refractivity contribution in [2.45, 2.75) is 25.5 Å². The maximum atomic E-state index is 13.1. The van der Waals surface area contributed by atoms with Crippen LogP contribution in [0.2, 0.25) is 0 Å². The summed E-state index contributed by atoms with van der Waals surface area (Å²) >= 11 is 0. The van der Waals surface area contributed by atoms with E-state index in [9.17, 15) is 18.8 Å². The maximum Gasteiger partial charge on any atom is 0.287 e. The molecular formula is C27H25FN2O7. The lowest BCUT2D eigenvalue weighted by Gasteiger charge is -2.29. The Balaban J connectivity index is 1.25. The number of anilines is 1. The Kier molecular flexibility index (Phi) is 7.18. The molecule has 1 aromatic heterocycles. The van der Waals surface area contributed by atoms with Crippen molar-refractivity contribution in [1.29, 1.82) is 0 Å². The summed E-state index contributed by atoms with van der Waals surface area (Å²) < 4.78 is 35.3. The molecule has 3 aromatic rings. The van der Waals surface area contributed by atoms with E-state index in [0.29, 0.717) is 41.7 Å². The quantitative estimate of drug-likeness (QED) is 0.441. The molecule has 2 aromatic carbocycles. The normalized spacial score (nSPS) is 16.7. The van der Waals surface area contributed by atoms with Crippen molar-refractivity contribution in [3.63, 3.8) is 0 Å². The first-order valence-electron chi connectivity index (χ1n) is 11.9. The lowest BCUT2D eigenvalue weighted by atomic mass is 10.1. The van der Waals surface area contributed by atoms with Crippen LogP contribution in [-0.2, 0) is 16.1 Å². The van der Waals surface area contributed by atoms with E-state index < -0.39 is 5.82 Å². The highest BCUT2D eigenvalue weighted by Gasteiger charge is 2.28. The molecule has 37 heavy (non-hydrogen) atoms. The molecular weight excluding hydrogens is 483 g/mol. The van der Waals surface area contributed by atoms with E-state index in [-0.39, 0.29) is 49.2 Å². The largest absolute Gasteiger partial charge is 0.485 e. The summed E-state index contributed by atoms with van der Waals surface area (Å²) in [6.07, 6.45) is 1.90. The molecule has 3 heterocycles. The molecule has 0 aliphatic carbocycles. The van der Waals surface area contributed by atoms with Crippen LogP contribution in [0.4, 0.5) is 10.1 Å². The minimum Gasteiger partial charge on any atom is -0.485 e. The molecule has 0 bridgehead atoms. The van der Waals surface area contributed by atoms with Crippen LogP contribution in [0, 0.1) is 5.82 Å². The molecule has 1 fully saturated rings. The van der Waals surface area contributed by atoms with Gasteiger partial charge in [0.2, 0.25) is 0 Å². The van der Waals surface area contributed by atoms with E-state index in [0.717, 1.165) is 12.8 Å². The van der Waals surface area contributed by atoms with Gasteiger partial charge in [-0.1, -0.05) is 0 Å². The van der Waals surface area contributed by atoms with Crippen molar-refractivity contribution in [2.24, 2.45) is 0 Å². The zero-order valence-electron chi connectivity index (χ0n) is 19.9. The lowest BCUT2D eigenvalue weighted by Crippen LogP contribution is -2.38. The van der Waals surface area contributed by atoms with Crippen molar-refractivity contribution in [2.75, 3.05) is 31.3 Å². The van der Waals surface area contributed by atoms with E-state index in [1.807, 2.05) is 0 Å². The van der Waals surface area contributed by atoms with E-state index in [1.165, 1.54) is 29.2 Å². The molecule has 2 amide bonds. The third kappa shape index (κ3) is 5.80. The second kappa shape index (κ2) is 10.8. The molecule has 2 aliphatic rings. The minimum atomic E-state index is -0.402. The van der Waals surface area contributed by atoms with E-state index in [2.05, 4.69) is 5.32 Å². The van der Waals surface area contributed by atoms with Gasteiger partial charge in [0.1, 0.15) is 23.1 Å². The number of ether oxygens (including phenoxy) is 3. The van der Waals surface area contributed by atoms with Crippen LogP contribution in [0.15, 0.2) is 59.0 Å². The lowest BCUT2D eigenvalue weighted by molar-refractivity contribution is -0.121. The van der Waals surface area contributed by atoms with Gasteiger partial charge in [-0.2, -0.15) is 0 Å². The van der Waals surface area contributed by atoms with Gasteiger partial charge in [-0.15, -0.1) is 0 Å². The number of hydrogen-bond acceptors (Lipinski definition) is 7. The van der Waals surface area contributed by atoms with Crippen molar-refractivity contribution in [3.8, 4) is 11.5 Å². The molecule has 2 aliphatic heterocycles. The van der Waals surface area contributed by atoms with Crippen molar-refractivity contribution < 1.29 is 37.4 Å². The molecule has 5 rings (SSSR count). The zero-order valence-corrected chi connectivity index (χ0v) is 19.9. The number of fused-ring (bicyclic) bond motifs is 1. The number of amides is 2. The number of ketones is 1. The highest BCUT2D eigenvalue weighted by molar-refractivity contribution is 6.02. The van der Waals surface area contributed by atoms with Gasteiger partial charge < -0.3 is 23.9 Å². The van der Waals surface area contributed by atoms with Gasteiger partial charge in [-0.05, 0) is 67.4 Å². The Morgan fingerprint density at radius 2 is 1.95 bits per heavy atom. The van der Waals surface area contributed by atoms with Gasteiger partial charge in [0, 0.05) is 18.7 Å². The molecule has 0 unspecified atom stereocenters. The van der Waals surface area contributed by atoms with E-state index in [1.54, 1.807) is 30.3 Å². The number of halogens is 1. The van der Waals surface area contributed by atoms with Crippen molar-refractivity contribution >= 4 is 23.3 Å². The van der Waals surface area contributed by atoms with Crippen LogP contribution in [0.1, 0.15) is 39.5 Å². The minimum absolute atomic E-state index is 0.0128. The summed E-state index contributed by atoms with van der Waals surface area (Å²) in [5.41, 5.74) is 0.725. The van der Waals surface area contributed by atoms with Crippen LogP contribution in [0.5, 0.6) is 11.5 Å². The Morgan fingerprint density at radius 1 is 1.11 bits per heavy atom. The van der Waals surface area contributed by atoms with Gasteiger partial charge in [-0.25, -0.2) is 4.39 Å². The Hall–Kier alpha value is -4.18. The SMILES string of the molecule is O=C(COc1ccc(F)cc1)c1ccc2c(c1)N(Cc1ccc(C(=O)NC[C@@H]3CCCO3)o1)C(=O)CO2. The third-order valence-corrected chi connectivity index (χ3v) is 6.12. The molecule has 192 valence electrons. The molecule has 10 heteroatoms. The van der Waals surface area contributed by atoms with Crippen molar-refractivity contribution in [3.05, 3.63) is 77.5 Å². The highest BCUT2D eigenvalue weighted by atomic mass is 19.1. The predicted octanol–water partition coefficient (Wildman–Crippen LogP) is 3.51. The van der Waals surface area contributed by atoms with Gasteiger partial charge in [0.05, 0.1) is 18.3 Å².